The number of benzene rings is 2. The van der Waals surface area contributed by atoms with Gasteiger partial charge in [-0.15, -0.1) is 0 Å². The maximum absolute atomic E-state index is 12.8. The fraction of sp³-hybridized carbons (Fsp3) is 0.294. The molecule has 0 heterocycles. The van der Waals surface area contributed by atoms with Crippen LogP contribution in [0.3, 0.4) is 0 Å². The first-order chi connectivity index (χ1) is 10.8. The number of methoxy groups -OCH3 is 1. The summed E-state index contributed by atoms with van der Waals surface area (Å²) in [5, 5.41) is 3.25. The van der Waals surface area contributed by atoms with Crippen molar-refractivity contribution in [2.45, 2.75) is 23.6 Å². The molecule has 0 spiro atoms. The highest BCUT2D eigenvalue weighted by Gasteiger charge is 2.22. The molecule has 23 heavy (non-hydrogen) atoms. The van der Waals surface area contributed by atoms with Crippen molar-refractivity contribution in [3.8, 4) is 5.75 Å². The summed E-state index contributed by atoms with van der Waals surface area (Å²) < 4.78 is 30.8. The van der Waals surface area contributed by atoms with Crippen LogP contribution in [0, 0.1) is 5.92 Å². The van der Waals surface area contributed by atoms with Gasteiger partial charge in [-0.1, -0.05) is 13.8 Å². The third-order valence-electron chi connectivity index (χ3n) is 3.36. The largest absolute Gasteiger partial charge is 0.495 e. The number of rotatable bonds is 6. The van der Waals surface area contributed by atoms with Crippen molar-refractivity contribution >= 4 is 21.2 Å². The lowest BCUT2D eigenvalue weighted by molar-refractivity contribution is 0.403. The standard InChI is InChI=1S/C17H22N2O3S/c1-12(2)11-19-14-6-9-17(16(10-14)22-3)23(20,21)15-7-4-13(18)5-8-15/h4-10,12,19H,11,18H2,1-3H3. The molecule has 0 aliphatic rings. The number of nitrogens with one attached hydrogen (secondary N) is 1. The van der Waals surface area contributed by atoms with E-state index in [1.165, 1.54) is 19.2 Å². The van der Waals surface area contributed by atoms with E-state index in [1.807, 2.05) is 0 Å². The van der Waals surface area contributed by atoms with Crippen molar-refractivity contribution in [1.82, 2.24) is 0 Å². The van der Waals surface area contributed by atoms with Crippen molar-refractivity contribution < 1.29 is 13.2 Å². The zero-order valence-corrected chi connectivity index (χ0v) is 14.4. The van der Waals surface area contributed by atoms with Crippen LogP contribution in [0.1, 0.15) is 13.8 Å². The Hall–Kier alpha value is -2.21. The van der Waals surface area contributed by atoms with Gasteiger partial charge in [0.1, 0.15) is 10.6 Å². The van der Waals surface area contributed by atoms with Crippen LogP contribution < -0.4 is 15.8 Å². The van der Waals surface area contributed by atoms with Gasteiger partial charge in [-0.05, 0) is 42.3 Å². The number of sulfone groups is 1. The van der Waals surface area contributed by atoms with Crippen molar-refractivity contribution in [3.63, 3.8) is 0 Å². The van der Waals surface area contributed by atoms with Gasteiger partial charge in [0, 0.05) is 24.0 Å². The highest BCUT2D eigenvalue weighted by Crippen LogP contribution is 2.32. The molecule has 2 aromatic carbocycles. The topological polar surface area (TPSA) is 81.4 Å². The second kappa shape index (κ2) is 6.91. The highest BCUT2D eigenvalue weighted by atomic mass is 32.2. The molecule has 0 amide bonds. The molecule has 0 aliphatic carbocycles. The average Bonchev–Trinajstić information content (AvgIpc) is 2.53. The molecule has 0 radical (unpaired) electrons. The van der Waals surface area contributed by atoms with E-state index in [0.29, 0.717) is 17.4 Å². The van der Waals surface area contributed by atoms with Gasteiger partial charge >= 0.3 is 0 Å². The van der Waals surface area contributed by atoms with Crippen LogP contribution in [-0.2, 0) is 9.84 Å². The van der Waals surface area contributed by atoms with Gasteiger partial charge in [0.15, 0.2) is 0 Å². The quantitative estimate of drug-likeness (QED) is 0.793. The van der Waals surface area contributed by atoms with Gasteiger partial charge in [0.05, 0.1) is 12.0 Å². The highest BCUT2D eigenvalue weighted by molar-refractivity contribution is 7.91. The zero-order chi connectivity index (χ0) is 17.0. The molecular weight excluding hydrogens is 312 g/mol. The first-order valence-corrected chi connectivity index (χ1v) is 8.85. The minimum absolute atomic E-state index is 0.139. The van der Waals surface area contributed by atoms with Crippen LogP contribution in [0.4, 0.5) is 11.4 Å². The summed E-state index contributed by atoms with van der Waals surface area (Å²) >= 11 is 0. The van der Waals surface area contributed by atoms with Crippen LogP contribution in [0.15, 0.2) is 52.3 Å². The Morgan fingerprint density at radius 2 is 1.78 bits per heavy atom. The predicted octanol–water partition coefficient (Wildman–Crippen LogP) is 3.18. The summed E-state index contributed by atoms with van der Waals surface area (Å²) in [5.74, 6) is 0.801. The Morgan fingerprint density at radius 3 is 2.35 bits per heavy atom. The smallest absolute Gasteiger partial charge is 0.210 e. The van der Waals surface area contributed by atoms with E-state index in [4.69, 9.17) is 10.5 Å². The van der Waals surface area contributed by atoms with E-state index in [-0.39, 0.29) is 9.79 Å². The van der Waals surface area contributed by atoms with Crippen LogP contribution in [0.5, 0.6) is 5.75 Å². The van der Waals surface area contributed by atoms with Gasteiger partial charge in [-0.3, -0.25) is 0 Å². The molecule has 0 saturated carbocycles. The molecule has 0 aliphatic heterocycles. The van der Waals surface area contributed by atoms with E-state index >= 15 is 0 Å². The van der Waals surface area contributed by atoms with Gasteiger partial charge in [0.25, 0.3) is 0 Å². The zero-order valence-electron chi connectivity index (χ0n) is 13.5. The first kappa shape index (κ1) is 17.1. The Bertz CT molecular complexity index is 769. The lowest BCUT2D eigenvalue weighted by Crippen LogP contribution is -2.09. The normalized spacial score (nSPS) is 11.5. The van der Waals surface area contributed by atoms with E-state index in [1.54, 1.807) is 30.3 Å². The van der Waals surface area contributed by atoms with Crippen LogP contribution >= 0.6 is 0 Å². The molecule has 124 valence electrons. The average molecular weight is 334 g/mol. The molecule has 0 unspecified atom stereocenters. The van der Waals surface area contributed by atoms with Crippen molar-refractivity contribution in [1.29, 1.82) is 0 Å². The summed E-state index contributed by atoms with van der Waals surface area (Å²) in [7, 11) is -2.19. The molecule has 2 aromatic rings. The van der Waals surface area contributed by atoms with Gasteiger partial charge < -0.3 is 15.8 Å². The number of nitrogens with two attached hydrogens (primary N) is 1. The van der Waals surface area contributed by atoms with Gasteiger partial charge in [0.2, 0.25) is 9.84 Å². The molecule has 0 saturated heterocycles. The summed E-state index contributed by atoms with van der Waals surface area (Å²) in [6.45, 7) is 5.00. The minimum atomic E-state index is -3.65. The maximum Gasteiger partial charge on any atom is 0.210 e. The van der Waals surface area contributed by atoms with E-state index < -0.39 is 9.84 Å². The summed E-state index contributed by atoms with van der Waals surface area (Å²) in [6, 6.07) is 11.1. The summed E-state index contributed by atoms with van der Waals surface area (Å²) in [6.07, 6.45) is 0. The SMILES string of the molecule is COc1cc(NCC(C)C)ccc1S(=O)(=O)c1ccc(N)cc1. The molecule has 0 aromatic heterocycles. The summed E-state index contributed by atoms with van der Waals surface area (Å²) in [5.41, 5.74) is 6.96. The monoisotopic (exact) mass is 334 g/mol. The molecule has 0 fully saturated rings. The Kier molecular flexibility index (Phi) is 5.15. The number of hydrogen-bond donors (Lipinski definition) is 2. The second-order valence-electron chi connectivity index (χ2n) is 5.71. The molecular formula is C17H22N2O3S. The number of nitrogen functional groups attached to an aromatic ring is 1. The molecule has 3 N–H and O–H groups in total. The van der Waals surface area contributed by atoms with E-state index in [0.717, 1.165) is 12.2 Å². The minimum Gasteiger partial charge on any atom is -0.495 e. The molecule has 2 rings (SSSR count). The van der Waals surface area contributed by atoms with Crippen LogP contribution in [0.25, 0.3) is 0 Å². The van der Waals surface area contributed by atoms with Crippen LogP contribution in [0.2, 0.25) is 0 Å². The third kappa shape index (κ3) is 3.96. The van der Waals surface area contributed by atoms with Crippen molar-refractivity contribution in [3.05, 3.63) is 42.5 Å². The maximum atomic E-state index is 12.8. The molecule has 0 atom stereocenters. The fourth-order valence-corrected chi connectivity index (χ4v) is 3.50. The Labute approximate surface area is 137 Å². The molecule has 5 nitrogen and oxygen atoms in total. The number of hydrogen-bond acceptors (Lipinski definition) is 5. The first-order valence-electron chi connectivity index (χ1n) is 7.37. The van der Waals surface area contributed by atoms with E-state index in [9.17, 15) is 8.42 Å². The van der Waals surface area contributed by atoms with Gasteiger partial charge in [-0.25, -0.2) is 8.42 Å². The fourth-order valence-electron chi connectivity index (χ4n) is 2.10. The number of anilines is 2. The second-order valence-corrected chi connectivity index (χ2v) is 7.63. The summed E-state index contributed by atoms with van der Waals surface area (Å²) in [4.78, 5) is 0.327. The van der Waals surface area contributed by atoms with E-state index in [2.05, 4.69) is 19.2 Å². The van der Waals surface area contributed by atoms with Gasteiger partial charge in [-0.2, -0.15) is 0 Å². The lowest BCUT2D eigenvalue weighted by atomic mass is 10.2. The van der Waals surface area contributed by atoms with Crippen LogP contribution in [-0.4, -0.2) is 22.1 Å². The van der Waals surface area contributed by atoms with Crippen molar-refractivity contribution in [2.24, 2.45) is 5.92 Å². The molecule has 0 bridgehead atoms. The Balaban J connectivity index is 2.40. The lowest BCUT2D eigenvalue weighted by Gasteiger charge is -2.14. The Morgan fingerprint density at radius 1 is 1.13 bits per heavy atom. The molecule has 6 heteroatoms. The van der Waals surface area contributed by atoms with Crippen molar-refractivity contribution in [2.75, 3.05) is 24.7 Å². The number of ether oxygens (including phenoxy) is 1. The predicted molar refractivity (Wildman–Crippen MR) is 92.6 cm³/mol. The third-order valence-corrected chi connectivity index (χ3v) is 5.17.